The molecule has 1 aliphatic rings. The Morgan fingerprint density at radius 1 is 1.09 bits per heavy atom. The molecule has 2 aromatic heterocycles. The Labute approximate surface area is 208 Å². The van der Waals surface area contributed by atoms with Crippen LogP contribution in [0.1, 0.15) is 48.1 Å². The van der Waals surface area contributed by atoms with Crippen LogP contribution in [0.25, 0.3) is 10.9 Å². The van der Waals surface area contributed by atoms with Gasteiger partial charge in [-0.3, -0.25) is 19.1 Å². The van der Waals surface area contributed by atoms with Gasteiger partial charge in [-0.05, 0) is 73.1 Å². The van der Waals surface area contributed by atoms with Gasteiger partial charge in [-0.15, -0.1) is 0 Å². The van der Waals surface area contributed by atoms with Gasteiger partial charge in [0.2, 0.25) is 5.91 Å². The molecule has 0 fully saturated rings. The first-order chi connectivity index (χ1) is 17.1. The molecule has 35 heavy (non-hydrogen) atoms. The van der Waals surface area contributed by atoms with E-state index in [0.29, 0.717) is 22.6 Å². The number of hydrogen-bond donors (Lipinski definition) is 1. The molecule has 0 bridgehead atoms. The second-order valence-electron chi connectivity index (χ2n) is 8.98. The van der Waals surface area contributed by atoms with Gasteiger partial charge in [0.25, 0.3) is 5.56 Å². The van der Waals surface area contributed by atoms with Gasteiger partial charge in [0, 0.05) is 12.4 Å². The Morgan fingerprint density at radius 2 is 1.91 bits per heavy atom. The smallest absolute Gasteiger partial charge is 0.262 e. The van der Waals surface area contributed by atoms with E-state index in [-0.39, 0.29) is 23.3 Å². The summed E-state index contributed by atoms with van der Waals surface area (Å²) >= 11 is 1.28. The minimum Gasteiger partial charge on any atom is -0.349 e. The number of carbonyl (C=O) groups excluding carboxylic acids is 1. The average Bonchev–Trinajstić information content (AvgIpc) is 2.89. The van der Waals surface area contributed by atoms with Crippen molar-refractivity contribution in [2.75, 3.05) is 5.75 Å². The molecule has 0 radical (unpaired) electrons. The van der Waals surface area contributed by atoms with Crippen molar-refractivity contribution in [2.24, 2.45) is 0 Å². The van der Waals surface area contributed by atoms with Crippen LogP contribution in [-0.2, 0) is 24.2 Å². The van der Waals surface area contributed by atoms with Crippen LogP contribution in [0.5, 0.6) is 0 Å². The number of nitrogens with zero attached hydrogens (tertiary/aromatic N) is 3. The van der Waals surface area contributed by atoms with Gasteiger partial charge in [-0.1, -0.05) is 48.2 Å². The number of rotatable bonds is 7. The third kappa shape index (κ3) is 5.30. The van der Waals surface area contributed by atoms with Crippen LogP contribution >= 0.6 is 11.8 Å². The number of aryl methyl sites for hydroxylation is 2. The van der Waals surface area contributed by atoms with Gasteiger partial charge in [0.1, 0.15) is 0 Å². The summed E-state index contributed by atoms with van der Waals surface area (Å²) < 4.78 is 1.63. The molecule has 5 rings (SSSR count). The van der Waals surface area contributed by atoms with Gasteiger partial charge < -0.3 is 5.32 Å². The number of thioether (sulfide) groups is 1. The monoisotopic (exact) mass is 484 g/mol. The maximum absolute atomic E-state index is 13.3. The second kappa shape index (κ2) is 10.4. The molecule has 1 atom stereocenters. The summed E-state index contributed by atoms with van der Waals surface area (Å²) in [7, 11) is 0. The summed E-state index contributed by atoms with van der Waals surface area (Å²) in [5.41, 5.74) is 5.38. The number of carbonyl (C=O) groups is 1. The number of benzene rings is 2. The molecule has 2 heterocycles. The van der Waals surface area contributed by atoms with E-state index in [1.54, 1.807) is 23.0 Å². The molecule has 1 aliphatic carbocycles. The molecule has 0 saturated carbocycles. The van der Waals surface area contributed by atoms with E-state index in [1.165, 1.54) is 35.7 Å². The molecule has 1 amide bonds. The van der Waals surface area contributed by atoms with Crippen molar-refractivity contribution in [3.63, 3.8) is 0 Å². The number of aromatic nitrogens is 3. The standard InChI is InChI=1S/C28H28N4O2S/c1-19(22-13-12-21-8-2-3-9-23(21)15-22)30-26(33)18-35-28-31-25-11-5-4-10-24(25)27(34)32(28)17-20-7-6-14-29-16-20/h4-7,10-16,19H,2-3,8-9,17-18H2,1H3,(H,30,33). The van der Waals surface area contributed by atoms with Gasteiger partial charge in [-0.25, -0.2) is 4.98 Å². The van der Waals surface area contributed by atoms with Crippen molar-refractivity contribution < 1.29 is 4.79 Å². The fourth-order valence-electron chi connectivity index (χ4n) is 4.59. The highest BCUT2D eigenvalue weighted by atomic mass is 32.2. The summed E-state index contributed by atoms with van der Waals surface area (Å²) in [6.07, 6.45) is 8.18. The summed E-state index contributed by atoms with van der Waals surface area (Å²) in [6, 6.07) is 17.6. The highest BCUT2D eigenvalue weighted by molar-refractivity contribution is 7.99. The summed E-state index contributed by atoms with van der Waals surface area (Å²) in [4.78, 5) is 35.0. The van der Waals surface area contributed by atoms with E-state index in [2.05, 4.69) is 28.5 Å². The minimum atomic E-state index is -0.121. The molecule has 6 nitrogen and oxygen atoms in total. The summed E-state index contributed by atoms with van der Waals surface area (Å²) in [6.45, 7) is 2.36. The Morgan fingerprint density at radius 3 is 2.74 bits per heavy atom. The van der Waals surface area contributed by atoms with Crippen LogP contribution in [0.15, 0.2) is 76.9 Å². The highest BCUT2D eigenvalue weighted by Gasteiger charge is 2.17. The summed E-state index contributed by atoms with van der Waals surface area (Å²) in [5, 5.41) is 4.19. The maximum atomic E-state index is 13.3. The number of pyridine rings is 1. The van der Waals surface area contributed by atoms with E-state index < -0.39 is 0 Å². The first-order valence-electron chi connectivity index (χ1n) is 12.0. The molecule has 0 saturated heterocycles. The van der Waals surface area contributed by atoms with Crippen molar-refractivity contribution in [2.45, 2.75) is 50.4 Å². The fraction of sp³-hybridized carbons (Fsp3) is 0.286. The lowest BCUT2D eigenvalue weighted by Gasteiger charge is -2.20. The molecule has 0 aliphatic heterocycles. The second-order valence-corrected chi connectivity index (χ2v) is 9.92. The van der Waals surface area contributed by atoms with E-state index in [0.717, 1.165) is 24.0 Å². The van der Waals surface area contributed by atoms with E-state index in [4.69, 9.17) is 4.98 Å². The molecule has 7 heteroatoms. The average molecular weight is 485 g/mol. The molecule has 178 valence electrons. The molecule has 2 aromatic carbocycles. The summed E-state index contributed by atoms with van der Waals surface area (Å²) in [5.74, 6) is 0.0863. The van der Waals surface area contributed by atoms with Crippen LogP contribution < -0.4 is 10.9 Å². The van der Waals surface area contributed by atoms with Gasteiger partial charge in [0.05, 0.1) is 29.2 Å². The van der Waals surface area contributed by atoms with Crippen LogP contribution in [0.2, 0.25) is 0 Å². The fourth-order valence-corrected chi connectivity index (χ4v) is 5.40. The van der Waals surface area contributed by atoms with E-state index in [9.17, 15) is 9.59 Å². The number of hydrogen-bond acceptors (Lipinski definition) is 5. The number of fused-ring (bicyclic) bond motifs is 2. The van der Waals surface area contributed by atoms with Crippen LogP contribution in [0.4, 0.5) is 0 Å². The third-order valence-corrected chi connectivity index (χ3v) is 7.45. The lowest BCUT2D eigenvalue weighted by molar-refractivity contribution is -0.119. The largest absolute Gasteiger partial charge is 0.349 e. The number of amides is 1. The van der Waals surface area contributed by atoms with Crippen molar-refractivity contribution in [1.82, 2.24) is 19.9 Å². The molecular formula is C28H28N4O2S. The number of para-hydroxylation sites is 1. The molecule has 4 aromatic rings. The highest BCUT2D eigenvalue weighted by Crippen LogP contribution is 2.25. The first-order valence-corrected chi connectivity index (χ1v) is 13.0. The Hall–Kier alpha value is -3.45. The lowest BCUT2D eigenvalue weighted by atomic mass is 9.89. The van der Waals surface area contributed by atoms with E-state index in [1.807, 2.05) is 37.3 Å². The predicted octanol–water partition coefficient (Wildman–Crippen LogP) is 4.69. The van der Waals surface area contributed by atoms with Gasteiger partial charge in [-0.2, -0.15) is 0 Å². The predicted molar refractivity (Wildman–Crippen MR) is 140 cm³/mol. The Balaban J connectivity index is 1.33. The lowest BCUT2D eigenvalue weighted by Crippen LogP contribution is -2.29. The SMILES string of the molecule is CC(NC(=O)CSc1nc2ccccc2c(=O)n1Cc1cccnc1)c1ccc2c(c1)CCCC2. The van der Waals surface area contributed by atoms with Crippen LogP contribution in [-0.4, -0.2) is 26.2 Å². The minimum absolute atomic E-state index is 0.0857. The van der Waals surface area contributed by atoms with Crippen molar-refractivity contribution in [1.29, 1.82) is 0 Å². The van der Waals surface area contributed by atoms with Gasteiger partial charge >= 0.3 is 0 Å². The number of nitrogens with one attached hydrogen (secondary N) is 1. The Kier molecular flexibility index (Phi) is 6.95. The molecule has 0 spiro atoms. The first kappa shape index (κ1) is 23.3. The zero-order chi connectivity index (χ0) is 24.2. The zero-order valence-corrected chi connectivity index (χ0v) is 20.6. The normalized spacial score (nSPS) is 13.9. The van der Waals surface area contributed by atoms with Crippen LogP contribution in [0, 0.1) is 0 Å². The quantitative estimate of drug-likeness (QED) is 0.304. The van der Waals surface area contributed by atoms with Crippen molar-refractivity contribution in [3.05, 3.63) is 99.6 Å². The molecular weight excluding hydrogens is 456 g/mol. The van der Waals surface area contributed by atoms with Crippen LogP contribution in [0.3, 0.4) is 0 Å². The van der Waals surface area contributed by atoms with Crippen molar-refractivity contribution >= 4 is 28.6 Å². The Bertz CT molecular complexity index is 1420. The van der Waals surface area contributed by atoms with Crippen molar-refractivity contribution in [3.8, 4) is 0 Å². The topological polar surface area (TPSA) is 76.9 Å². The molecule has 1 unspecified atom stereocenters. The third-order valence-electron chi connectivity index (χ3n) is 6.47. The zero-order valence-electron chi connectivity index (χ0n) is 19.7. The maximum Gasteiger partial charge on any atom is 0.262 e. The van der Waals surface area contributed by atoms with E-state index >= 15 is 0 Å². The van der Waals surface area contributed by atoms with Gasteiger partial charge in [0.15, 0.2) is 5.16 Å². The molecule has 1 N–H and O–H groups in total.